The van der Waals surface area contributed by atoms with E-state index in [9.17, 15) is 33.9 Å². The van der Waals surface area contributed by atoms with Crippen molar-refractivity contribution in [2.75, 3.05) is 10.6 Å². The van der Waals surface area contributed by atoms with Crippen molar-refractivity contribution in [1.29, 1.82) is 0 Å². The lowest BCUT2D eigenvalue weighted by Gasteiger charge is -2.43. The molecule has 15 heteroatoms. The van der Waals surface area contributed by atoms with Crippen LogP contribution in [0.2, 0.25) is 0 Å². The summed E-state index contributed by atoms with van der Waals surface area (Å²) in [6.45, 7) is 5.39. The van der Waals surface area contributed by atoms with Crippen LogP contribution in [-0.2, 0) is 44.7 Å². The molecule has 0 spiro atoms. The molecule has 3 aromatic rings. The molecule has 2 amide bonds. The molecule has 4 rings (SSSR count). The number of esters is 2. The maximum atomic E-state index is 12.7. The lowest BCUT2D eigenvalue weighted by atomic mass is 9.86. The molecule has 2 heterocycles. The second kappa shape index (κ2) is 14.6. The van der Waals surface area contributed by atoms with Crippen molar-refractivity contribution < 1.29 is 57.2 Å². The molecule has 1 aromatic heterocycles. The highest BCUT2D eigenvalue weighted by Crippen LogP contribution is 2.34. The Balaban J connectivity index is 1.34. The quantitative estimate of drug-likeness (QED) is 0.171. The highest BCUT2D eigenvalue weighted by Gasteiger charge is 2.50. The van der Waals surface area contributed by atoms with E-state index in [-0.39, 0.29) is 6.61 Å². The van der Waals surface area contributed by atoms with Gasteiger partial charge in [0.15, 0.2) is 6.10 Å². The van der Waals surface area contributed by atoms with Crippen LogP contribution < -0.4 is 16.3 Å². The number of nitrogens with one attached hydrogen (secondary N) is 2. The molecule has 15 nitrogen and oxygen atoms in total. The molecule has 1 aliphatic rings. The molecule has 0 unspecified atom stereocenters. The number of hydrogen-bond donors (Lipinski definition) is 3. The van der Waals surface area contributed by atoms with Crippen molar-refractivity contribution in [2.45, 2.75) is 65.3 Å². The van der Waals surface area contributed by atoms with Gasteiger partial charge in [0.2, 0.25) is 12.4 Å². The summed E-state index contributed by atoms with van der Waals surface area (Å²) in [7, 11) is 0. The number of aryl methyl sites for hydroxylation is 1. The van der Waals surface area contributed by atoms with Crippen LogP contribution in [0.3, 0.4) is 0 Å². The number of ether oxygens (including phenoxy) is 5. The number of aliphatic carboxylic acids is 1. The molecule has 1 fully saturated rings. The summed E-state index contributed by atoms with van der Waals surface area (Å²) in [4.78, 5) is 71.8. The zero-order chi connectivity index (χ0) is 33.5. The summed E-state index contributed by atoms with van der Waals surface area (Å²) < 4.78 is 32.0. The highest BCUT2D eigenvalue weighted by molar-refractivity contribution is 5.90. The van der Waals surface area contributed by atoms with Gasteiger partial charge in [0.1, 0.15) is 12.2 Å². The second-order valence-electron chi connectivity index (χ2n) is 10.5. The summed E-state index contributed by atoms with van der Waals surface area (Å²) in [6.07, 6.45) is -7.29. The van der Waals surface area contributed by atoms with Crippen molar-refractivity contribution >= 4 is 52.4 Å². The summed E-state index contributed by atoms with van der Waals surface area (Å²) in [5.74, 6) is -3.64. The average Bonchev–Trinajstić information content (AvgIpc) is 2.95. The van der Waals surface area contributed by atoms with Crippen LogP contribution in [0, 0.1) is 12.8 Å². The van der Waals surface area contributed by atoms with E-state index < -0.39 is 72.7 Å². The van der Waals surface area contributed by atoms with Crippen LogP contribution in [0.25, 0.3) is 11.0 Å². The van der Waals surface area contributed by atoms with Gasteiger partial charge in [-0.05, 0) is 49.2 Å². The fraction of sp³-hybridized carbons (Fsp3) is 0.355. The fourth-order valence-corrected chi connectivity index (χ4v) is 4.94. The Bertz CT molecular complexity index is 1680. The lowest BCUT2D eigenvalue weighted by Crippen LogP contribution is -2.58. The molecular weight excluding hydrogens is 608 g/mol. The molecule has 1 saturated heterocycles. The summed E-state index contributed by atoms with van der Waals surface area (Å²) in [5.41, 5.74) is 1.81. The summed E-state index contributed by atoms with van der Waals surface area (Å²) >= 11 is 0. The third kappa shape index (κ3) is 8.81. The monoisotopic (exact) mass is 640 g/mol. The van der Waals surface area contributed by atoms with E-state index in [2.05, 4.69) is 10.6 Å². The number of carboxylic acid groups (broad SMARTS) is 1. The summed E-state index contributed by atoms with van der Waals surface area (Å²) in [6, 6.07) is 12.5. The van der Waals surface area contributed by atoms with Gasteiger partial charge in [0.25, 0.3) is 0 Å². The molecule has 0 saturated carbocycles. The molecular formula is C31H32N2O13. The van der Waals surface area contributed by atoms with Gasteiger partial charge in [-0.15, -0.1) is 0 Å². The minimum atomic E-state index is -1.53. The minimum absolute atomic E-state index is 0.106. The average molecular weight is 641 g/mol. The van der Waals surface area contributed by atoms with Crippen molar-refractivity contribution in [1.82, 2.24) is 0 Å². The Labute approximate surface area is 261 Å². The van der Waals surface area contributed by atoms with Gasteiger partial charge in [-0.3, -0.25) is 25.0 Å². The van der Waals surface area contributed by atoms with Crippen LogP contribution >= 0.6 is 0 Å². The Kier molecular flexibility index (Phi) is 10.6. The van der Waals surface area contributed by atoms with E-state index in [1.165, 1.54) is 31.2 Å². The van der Waals surface area contributed by atoms with Gasteiger partial charge >= 0.3 is 35.7 Å². The second-order valence-corrected chi connectivity index (χ2v) is 10.5. The van der Waals surface area contributed by atoms with Crippen LogP contribution in [0.4, 0.5) is 21.0 Å². The first-order valence-electron chi connectivity index (χ1n) is 14.1. The fourth-order valence-electron chi connectivity index (χ4n) is 4.94. The van der Waals surface area contributed by atoms with Gasteiger partial charge in [-0.1, -0.05) is 12.1 Å². The largest absolute Gasteiger partial charge is 0.481 e. The molecule has 0 radical (unpaired) electrons. The number of anilines is 2. The first kappa shape index (κ1) is 33.5. The Hall–Kier alpha value is -5.44. The first-order valence-corrected chi connectivity index (χ1v) is 14.1. The first-order chi connectivity index (χ1) is 21.8. The van der Waals surface area contributed by atoms with Crippen LogP contribution in [0.5, 0.6) is 0 Å². The predicted molar refractivity (Wildman–Crippen MR) is 159 cm³/mol. The molecule has 5 atom stereocenters. The van der Waals surface area contributed by atoms with Gasteiger partial charge in [0.05, 0.1) is 12.5 Å². The smallest absolute Gasteiger partial charge is 0.414 e. The molecule has 0 bridgehead atoms. The maximum Gasteiger partial charge on any atom is 0.414 e. The predicted octanol–water partition coefficient (Wildman–Crippen LogP) is 4.10. The Morgan fingerprint density at radius 1 is 0.848 bits per heavy atom. The van der Waals surface area contributed by atoms with E-state index in [1.807, 2.05) is 0 Å². The minimum Gasteiger partial charge on any atom is -0.481 e. The maximum absolute atomic E-state index is 12.7. The normalized spacial score (nSPS) is 20.7. The third-order valence-corrected chi connectivity index (χ3v) is 6.97. The third-order valence-electron chi connectivity index (χ3n) is 6.97. The van der Waals surface area contributed by atoms with E-state index in [1.54, 1.807) is 31.2 Å². The zero-order valence-corrected chi connectivity index (χ0v) is 25.3. The highest BCUT2D eigenvalue weighted by atomic mass is 16.7. The van der Waals surface area contributed by atoms with Crippen LogP contribution in [0.15, 0.2) is 57.7 Å². The van der Waals surface area contributed by atoms with Gasteiger partial charge in [-0.25, -0.2) is 14.4 Å². The topological polar surface area (TPSA) is 206 Å². The van der Waals surface area contributed by atoms with Crippen molar-refractivity contribution in [3.05, 3.63) is 70.1 Å². The molecule has 2 aromatic carbocycles. The Morgan fingerprint density at radius 2 is 1.48 bits per heavy atom. The van der Waals surface area contributed by atoms with Crippen molar-refractivity contribution in [3.63, 3.8) is 0 Å². The number of carboxylic acids is 1. The molecule has 46 heavy (non-hydrogen) atoms. The van der Waals surface area contributed by atoms with Crippen molar-refractivity contribution in [2.24, 2.45) is 5.92 Å². The number of fused-ring (bicyclic) bond motifs is 1. The number of benzene rings is 2. The SMILES string of the molecule is CC(=O)O[C@@H]1[C@H](OC(=O)Nc2ccc(COC(=O)Nc3ccc4c(C)cc(=O)oc4c3)cc2)O[C@@H](C)[C@@H](CC(=O)O)[C@H]1OC(C)=O. The summed E-state index contributed by atoms with van der Waals surface area (Å²) in [5, 5.41) is 15.1. The van der Waals surface area contributed by atoms with E-state index in [4.69, 9.17) is 28.1 Å². The van der Waals surface area contributed by atoms with Gasteiger partial charge in [0, 0.05) is 48.7 Å². The molecule has 0 aliphatic carbocycles. The van der Waals surface area contributed by atoms with Crippen molar-refractivity contribution in [3.8, 4) is 0 Å². The molecule has 1 aliphatic heterocycles. The molecule has 3 N–H and O–H groups in total. The van der Waals surface area contributed by atoms with Gasteiger partial charge in [-0.2, -0.15) is 0 Å². The molecule has 244 valence electrons. The van der Waals surface area contributed by atoms with E-state index in [0.29, 0.717) is 22.5 Å². The van der Waals surface area contributed by atoms with Crippen LogP contribution in [-0.4, -0.2) is 59.8 Å². The number of carbonyl (C=O) groups is 5. The number of amides is 2. The lowest BCUT2D eigenvalue weighted by molar-refractivity contribution is -0.272. The zero-order valence-electron chi connectivity index (χ0n) is 25.3. The number of carbonyl (C=O) groups excluding carboxylic acids is 4. The number of rotatable bonds is 9. The van der Waals surface area contributed by atoms with E-state index in [0.717, 1.165) is 24.8 Å². The van der Waals surface area contributed by atoms with E-state index >= 15 is 0 Å². The standard InChI is InChI=1S/C31H32N2O13/c1-15-11-26(38)45-24-12-21(9-10-22(15)24)33-30(39)41-14-19-5-7-20(8-6-19)32-31(40)46-29-28(44-18(4)35)27(43-17(3)34)23(13-25(36)37)16(2)42-29/h5-12,16,23,27-29H,13-14H2,1-4H3,(H,32,40)(H,33,39)(H,36,37)/t16-,23+,27+,28-,29-/m0/s1. The van der Waals surface area contributed by atoms with Gasteiger partial charge < -0.3 is 33.2 Å². The van der Waals surface area contributed by atoms with Crippen LogP contribution in [0.1, 0.15) is 38.3 Å². The number of hydrogen-bond acceptors (Lipinski definition) is 12. The Morgan fingerprint density at radius 3 is 2.13 bits per heavy atom.